The first-order valence-electron chi connectivity index (χ1n) is 9.98. The Hall–Kier alpha value is -0.940. The number of carbonyl (C=O) groups excluding carboxylic acids is 2. The fourth-order valence-corrected chi connectivity index (χ4v) is 4.93. The predicted molar refractivity (Wildman–Crippen MR) is 97.2 cm³/mol. The summed E-state index contributed by atoms with van der Waals surface area (Å²) in [6.07, 6.45) is 5.07. The lowest BCUT2D eigenvalue weighted by Gasteiger charge is -2.45. The Morgan fingerprint density at radius 3 is 2.28 bits per heavy atom. The smallest absolute Gasteiger partial charge is 0.223 e. The Morgan fingerprint density at radius 2 is 1.72 bits per heavy atom. The molecule has 0 aromatic carbocycles. The van der Waals surface area contributed by atoms with Gasteiger partial charge in [-0.05, 0) is 53.4 Å². The van der Waals surface area contributed by atoms with E-state index in [9.17, 15) is 9.59 Å². The fourth-order valence-electron chi connectivity index (χ4n) is 4.93. The van der Waals surface area contributed by atoms with E-state index < -0.39 is 0 Å². The van der Waals surface area contributed by atoms with E-state index in [0.29, 0.717) is 12.3 Å². The third kappa shape index (κ3) is 4.25. The molecule has 25 heavy (non-hydrogen) atoms. The average molecular weight is 351 g/mol. The lowest BCUT2D eigenvalue weighted by Crippen LogP contribution is -2.59. The number of morpholine rings is 1. The molecule has 5 atom stereocenters. The van der Waals surface area contributed by atoms with Crippen molar-refractivity contribution in [2.75, 3.05) is 19.6 Å². The monoisotopic (exact) mass is 350 g/mol. The average Bonchev–Trinajstić information content (AvgIpc) is 2.51. The second kappa shape index (κ2) is 7.36. The van der Waals surface area contributed by atoms with Crippen molar-refractivity contribution in [3.8, 4) is 0 Å². The zero-order valence-corrected chi connectivity index (χ0v) is 16.2. The SMILES string of the molecule is C[C@H]1CN(C(C)(C)CNC(=O)C2C[C@H]3CCC[C@@H](C2)C3=O)C[C@H](C)O1. The van der Waals surface area contributed by atoms with Crippen LogP contribution in [0.2, 0.25) is 0 Å². The molecule has 142 valence electrons. The maximum Gasteiger partial charge on any atom is 0.223 e. The van der Waals surface area contributed by atoms with Crippen LogP contribution >= 0.6 is 0 Å². The number of carbonyl (C=O) groups is 2. The van der Waals surface area contributed by atoms with E-state index in [2.05, 4.69) is 37.9 Å². The second-order valence-electron chi connectivity index (χ2n) is 9.09. The zero-order valence-electron chi connectivity index (χ0n) is 16.2. The summed E-state index contributed by atoms with van der Waals surface area (Å²) in [4.78, 5) is 27.4. The molecule has 2 saturated carbocycles. The number of rotatable bonds is 4. The van der Waals surface area contributed by atoms with Crippen molar-refractivity contribution in [1.82, 2.24) is 10.2 Å². The molecule has 0 aromatic rings. The van der Waals surface area contributed by atoms with E-state index in [1.54, 1.807) is 0 Å². The molecule has 3 rings (SSSR count). The van der Waals surface area contributed by atoms with Gasteiger partial charge in [0.1, 0.15) is 5.78 Å². The van der Waals surface area contributed by atoms with Gasteiger partial charge in [0.15, 0.2) is 0 Å². The summed E-state index contributed by atoms with van der Waals surface area (Å²) >= 11 is 0. The number of amides is 1. The molecule has 1 heterocycles. The van der Waals surface area contributed by atoms with Gasteiger partial charge in [-0.15, -0.1) is 0 Å². The van der Waals surface area contributed by atoms with Crippen LogP contribution in [-0.2, 0) is 14.3 Å². The normalized spacial score (nSPS) is 37.0. The predicted octanol–water partition coefficient (Wildman–Crippen LogP) is 2.39. The van der Waals surface area contributed by atoms with E-state index in [1.165, 1.54) is 0 Å². The zero-order chi connectivity index (χ0) is 18.2. The highest BCUT2D eigenvalue weighted by atomic mass is 16.5. The number of ketones is 1. The summed E-state index contributed by atoms with van der Waals surface area (Å²) in [5, 5.41) is 3.19. The van der Waals surface area contributed by atoms with Crippen molar-refractivity contribution in [2.45, 2.75) is 77.5 Å². The largest absolute Gasteiger partial charge is 0.373 e. The van der Waals surface area contributed by atoms with Crippen molar-refractivity contribution < 1.29 is 14.3 Å². The van der Waals surface area contributed by atoms with E-state index in [1.807, 2.05) is 0 Å². The standard InChI is InChI=1S/C20H34N2O3/c1-13-10-22(11-14(2)25-13)20(3,4)12-21-19(24)17-8-15-6-5-7-16(9-17)18(15)23/h13-17H,5-12H2,1-4H3,(H,21,24)/t13-,14-,15-,16+,17?/m0/s1. The van der Waals surface area contributed by atoms with Gasteiger partial charge >= 0.3 is 0 Å². The number of hydrogen-bond donors (Lipinski definition) is 1. The molecule has 5 heteroatoms. The quantitative estimate of drug-likeness (QED) is 0.846. The van der Waals surface area contributed by atoms with Gasteiger partial charge in [0, 0.05) is 42.9 Å². The maximum atomic E-state index is 12.7. The van der Waals surface area contributed by atoms with Crippen LogP contribution in [0.25, 0.3) is 0 Å². The molecule has 1 unspecified atom stereocenters. The van der Waals surface area contributed by atoms with Crippen LogP contribution in [0.1, 0.15) is 59.8 Å². The van der Waals surface area contributed by atoms with Crippen LogP contribution in [0.15, 0.2) is 0 Å². The minimum Gasteiger partial charge on any atom is -0.373 e. The summed E-state index contributed by atoms with van der Waals surface area (Å²) < 4.78 is 5.82. The van der Waals surface area contributed by atoms with Gasteiger partial charge < -0.3 is 10.1 Å². The Kier molecular flexibility index (Phi) is 5.54. The Bertz CT molecular complexity index is 493. The highest BCUT2D eigenvalue weighted by molar-refractivity contribution is 5.88. The summed E-state index contributed by atoms with van der Waals surface area (Å²) in [7, 11) is 0. The lowest BCUT2D eigenvalue weighted by molar-refractivity contribution is -0.138. The van der Waals surface area contributed by atoms with Gasteiger partial charge in [0.05, 0.1) is 12.2 Å². The second-order valence-corrected chi connectivity index (χ2v) is 9.09. The minimum atomic E-state index is -0.0949. The van der Waals surface area contributed by atoms with Crippen LogP contribution in [0, 0.1) is 17.8 Å². The van der Waals surface area contributed by atoms with Crippen molar-refractivity contribution in [1.29, 1.82) is 0 Å². The van der Waals surface area contributed by atoms with Gasteiger partial charge in [-0.2, -0.15) is 0 Å². The van der Waals surface area contributed by atoms with Gasteiger partial charge in [-0.25, -0.2) is 0 Å². The number of Topliss-reactive ketones (excluding diaryl/α,β-unsaturated/α-hetero) is 1. The molecule has 1 aliphatic heterocycles. The third-order valence-electron chi connectivity index (χ3n) is 6.39. The van der Waals surface area contributed by atoms with Crippen LogP contribution in [0.5, 0.6) is 0 Å². The highest BCUT2D eigenvalue weighted by Gasteiger charge is 2.41. The molecule has 0 spiro atoms. The number of hydrogen-bond acceptors (Lipinski definition) is 4. The molecule has 2 aliphatic carbocycles. The van der Waals surface area contributed by atoms with Crippen LogP contribution < -0.4 is 5.32 Å². The van der Waals surface area contributed by atoms with Gasteiger partial charge in [-0.3, -0.25) is 14.5 Å². The molecular weight excluding hydrogens is 316 g/mol. The molecule has 5 nitrogen and oxygen atoms in total. The first-order valence-corrected chi connectivity index (χ1v) is 9.98. The van der Waals surface area contributed by atoms with Gasteiger partial charge in [0.2, 0.25) is 5.91 Å². The van der Waals surface area contributed by atoms with E-state index >= 15 is 0 Å². The first kappa shape index (κ1) is 18.8. The fraction of sp³-hybridized carbons (Fsp3) is 0.900. The van der Waals surface area contributed by atoms with Gasteiger partial charge in [0.25, 0.3) is 0 Å². The molecule has 1 N–H and O–H groups in total. The van der Waals surface area contributed by atoms with Crippen molar-refractivity contribution in [2.24, 2.45) is 17.8 Å². The summed E-state index contributed by atoms with van der Waals surface area (Å²) in [5.41, 5.74) is -0.0949. The Labute approximate surface area is 151 Å². The van der Waals surface area contributed by atoms with E-state index in [0.717, 1.165) is 45.2 Å². The van der Waals surface area contributed by atoms with Crippen LogP contribution in [0.4, 0.5) is 0 Å². The number of nitrogens with zero attached hydrogens (tertiary/aromatic N) is 1. The topological polar surface area (TPSA) is 58.6 Å². The number of fused-ring (bicyclic) bond motifs is 2. The summed E-state index contributed by atoms with van der Waals surface area (Å²) in [6, 6.07) is 0. The first-order chi connectivity index (χ1) is 11.8. The van der Waals surface area contributed by atoms with E-state index in [-0.39, 0.29) is 41.4 Å². The highest BCUT2D eigenvalue weighted by Crippen LogP contribution is 2.40. The van der Waals surface area contributed by atoms with Crippen molar-refractivity contribution in [3.63, 3.8) is 0 Å². The van der Waals surface area contributed by atoms with Crippen molar-refractivity contribution >= 4 is 11.7 Å². The molecule has 0 radical (unpaired) electrons. The summed E-state index contributed by atoms with van der Waals surface area (Å²) in [5.74, 6) is 0.861. The summed E-state index contributed by atoms with van der Waals surface area (Å²) in [6.45, 7) is 11.0. The van der Waals surface area contributed by atoms with Crippen molar-refractivity contribution in [3.05, 3.63) is 0 Å². The van der Waals surface area contributed by atoms with E-state index in [4.69, 9.17) is 4.74 Å². The maximum absolute atomic E-state index is 12.7. The molecule has 3 aliphatic rings. The van der Waals surface area contributed by atoms with Gasteiger partial charge in [-0.1, -0.05) is 6.42 Å². The van der Waals surface area contributed by atoms with Crippen LogP contribution in [-0.4, -0.2) is 54.0 Å². The Balaban J connectivity index is 1.54. The molecule has 1 saturated heterocycles. The molecule has 3 fully saturated rings. The molecule has 0 aromatic heterocycles. The van der Waals surface area contributed by atoms with Crippen LogP contribution in [0.3, 0.4) is 0 Å². The molecule has 2 bridgehead atoms. The Morgan fingerprint density at radius 1 is 1.16 bits per heavy atom. The minimum absolute atomic E-state index is 0.0198. The molecule has 1 amide bonds. The molecular formula is C20H34N2O3. The number of nitrogens with one attached hydrogen (secondary N) is 1. The lowest BCUT2D eigenvalue weighted by atomic mass is 9.67. The number of ether oxygens (including phenoxy) is 1. The third-order valence-corrected chi connectivity index (χ3v) is 6.39.